The van der Waals surface area contributed by atoms with Crippen molar-refractivity contribution in [2.75, 3.05) is 17.7 Å². The number of nitrogen functional groups attached to an aromatic ring is 1. The number of benzene rings is 1. The van der Waals surface area contributed by atoms with Crippen LogP contribution >= 0.6 is 0 Å². The second-order valence-electron chi connectivity index (χ2n) is 5.54. The second-order valence-corrected chi connectivity index (χ2v) is 5.54. The number of hydrogen-bond acceptors (Lipinski definition) is 3. The summed E-state index contributed by atoms with van der Waals surface area (Å²) in [6.45, 7) is 7.27. The molecule has 0 aromatic heterocycles. The molecule has 1 aliphatic carbocycles. The van der Waals surface area contributed by atoms with Crippen LogP contribution < -0.4 is 15.8 Å². The van der Waals surface area contributed by atoms with Crippen molar-refractivity contribution in [1.29, 1.82) is 0 Å². The summed E-state index contributed by atoms with van der Waals surface area (Å²) in [5.41, 5.74) is 7.73. The van der Waals surface area contributed by atoms with E-state index in [1.165, 1.54) is 19.3 Å². The van der Waals surface area contributed by atoms with E-state index in [4.69, 9.17) is 10.5 Å². The third kappa shape index (κ3) is 3.14. The first-order chi connectivity index (χ1) is 9.15. The maximum Gasteiger partial charge on any atom is 0.144 e. The van der Waals surface area contributed by atoms with Gasteiger partial charge >= 0.3 is 0 Å². The zero-order chi connectivity index (χ0) is 13.8. The molecule has 0 amide bonds. The molecule has 1 aromatic rings. The largest absolute Gasteiger partial charge is 0.492 e. The first-order valence-electron chi connectivity index (χ1n) is 7.44. The number of anilines is 2. The molecular weight excluding hydrogens is 236 g/mol. The van der Waals surface area contributed by atoms with Crippen LogP contribution in [0.2, 0.25) is 0 Å². The Labute approximate surface area is 116 Å². The molecule has 0 radical (unpaired) electrons. The molecular formula is C16H26N2O. The van der Waals surface area contributed by atoms with Crippen molar-refractivity contribution in [3.63, 3.8) is 0 Å². The average Bonchev–Trinajstić information content (AvgIpc) is 2.75. The van der Waals surface area contributed by atoms with Crippen LogP contribution in [0.4, 0.5) is 11.4 Å². The number of rotatable bonds is 5. The molecule has 1 aliphatic rings. The van der Waals surface area contributed by atoms with Crippen molar-refractivity contribution in [3.05, 3.63) is 18.2 Å². The van der Waals surface area contributed by atoms with E-state index in [9.17, 15) is 0 Å². The van der Waals surface area contributed by atoms with Gasteiger partial charge in [0.2, 0.25) is 0 Å². The summed E-state index contributed by atoms with van der Waals surface area (Å²) in [6.07, 6.45) is 3.88. The van der Waals surface area contributed by atoms with Gasteiger partial charge in [-0.15, -0.1) is 0 Å². The van der Waals surface area contributed by atoms with Gasteiger partial charge in [0.25, 0.3) is 0 Å². The third-order valence-corrected chi connectivity index (χ3v) is 4.42. The fourth-order valence-electron chi connectivity index (χ4n) is 3.15. The molecule has 19 heavy (non-hydrogen) atoms. The van der Waals surface area contributed by atoms with Crippen LogP contribution in [0.5, 0.6) is 5.75 Å². The van der Waals surface area contributed by atoms with Gasteiger partial charge in [0.15, 0.2) is 0 Å². The van der Waals surface area contributed by atoms with E-state index in [1.54, 1.807) is 0 Å². The topological polar surface area (TPSA) is 47.3 Å². The van der Waals surface area contributed by atoms with Crippen LogP contribution in [-0.4, -0.2) is 12.6 Å². The van der Waals surface area contributed by atoms with Gasteiger partial charge in [-0.05, 0) is 43.7 Å². The molecule has 3 N–H and O–H groups in total. The Morgan fingerprint density at radius 2 is 2.11 bits per heavy atom. The van der Waals surface area contributed by atoms with E-state index < -0.39 is 0 Å². The Balaban J connectivity index is 2.05. The number of ether oxygens (including phenoxy) is 1. The summed E-state index contributed by atoms with van der Waals surface area (Å²) in [7, 11) is 0. The molecule has 0 spiro atoms. The van der Waals surface area contributed by atoms with Crippen LogP contribution in [0, 0.1) is 11.8 Å². The van der Waals surface area contributed by atoms with Crippen LogP contribution in [0.25, 0.3) is 0 Å². The van der Waals surface area contributed by atoms with Crippen molar-refractivity contribution in [3.8, 4) is 5.75 Å². The molecule has 106 valence electrons. The molecule has 1 aromatic carbocycles. The standard InChI is InChI=1S/C16H26N2O/c1-4-12-6-9-15(11(12)3)18-13-7-8-14(17)16(10-13)19-5-2/h7-8,10-12,15,18H,4-6,9,17H2,1-3H3. The predicted octanol–water partition coefficient (Wildman–Crippen LogP) is 3.90. The number of nitrogens with two attached hydrogens (primary N) is 1. The van der Waals surface area contributed by atoms with Crippen LogP contribution in [0.1, 0.15) is 40.0 Å². The lowest BCUT2D eigenvalue weighted by Gasteiger charge is -2.22. The van der Waals surface area contributed by atoms with Crippen LogP contribution in [0.15, 0.2) is 18.2 Å². The van der Waals surface area contributed by atoms with Gasteiger partial charge < -0.3 is 15.8 Å². The van der Waals surface area contributed by atoms with Gasteiger partial charge in [-0.1, -0.05) is 20.3 Å². The third-order valence-electron chi connectivity index (χ3n) is 4.42. The first kappa shape index (κ1) is 14.0. The SMILES string of the molecule is CCOc1cc(NC2CCC(CC)C2C)ccc1N. The van der Waals surface area contributed by atoms with E-state index in [2.05, 4.69) is 19.2 Å². The summed E-state index contributed by atoms with van der Waals surface area (Å²) >= 11 is 0. The molecule has 3 atom stereocenters. The van der Waals surface area contributed by atoms with Gasteiger partial charge in [0, 0.05) is 17.8 Å². The smallest absolute Gasteiger partial charge is 0.144 e. The fourth-order valence-corrected chi connectivity index (χ4v) is 3.15. The lowest BCUT2D eigenvalue weighted by atomic mass is 9.93. The highest BCUT2D eigenvalue weighted by Crippen LogP contribution is 2.36. The summed E-state index contributed by atoms with van der Waals surface area (Å²) in [5, 5.41) is 3.65. The van der Waals surface area contributed by atoms with E-state index in [0.29, 0.717) is 18.3 Å². The van der Waals surface area contributed by atoms with E-state index >= 15 is 0 Å². The van der Waals surface area contributed by atoms with Gasteiger partial charge in [0.05, 0.1) is 12.3 Å². The van der Waals surface area contributed by atoms with Crippen molar-refractivity contribution >= 4 is 11.4 Å². The molecule has 1 fully saturated rings. The minimum atomic E-state index is 0.572. The zero-order valence-electron chi connectivity index (χ0n) is 12.3. The van der Waals surface area contributed by atoms with Crippen LogP contribution in [-0.2, 0) is 0 Å². The highest BCUT2D eigenvalue weighted by molar-refractivity contribution is 5.61. The number of hydrogen-bond donors (Lipinski definition) is 2. The van der Waals surface area contributed by atoms with Gasteiger partial charge in [-0.25, -0.2) is 0 Å². The lowest BCUT2D eigenvalue weighted by molar-refractivity contribution is 0.342. The lowest BCUT2D eigenvalue weighted by Crippen LogP contribution is -2.24. The molecule has 2 rings (SSSR count). The van der Waals surface area contributed by atoms with Crippen molar-refractivity contribution in [1.82, 2.24) is 0 Å². The van der Waals surface area contributed by atoms with Gasteiger partial charge in [-0.3, -0.25) is 0 Å². The molecule has 3 nitrogen and oxygen atoms in total. The molecule has 3 unspecified atom stereocenters. The molecule has 1 saturated carbocycles. The van der Waals surface area contributed by atoms with E-state index in [-0.39, 0.29) is 0 Å². The zero-order valence-corrected chi connectivity index (χ0v) is 12.3. The monoisotopic (exact) mass is 262 g/mol. The Morgan fingerprint density at radius 1 is 1.32 bits per heavy atom. The minimum absolute atomic E-state index is 0.572. The summed E-state index contributed by atoms with van der Waals surface area (Å²) in [6, 6.07) is 6.56. The Morgan fingerprint density at radius 3 is 2.74 bits per heavy atom. The van der Waals surface area contributed by atoms with Gasteiger partial charge in [0.1, 0.15) is 5.75 Å². The highest BCUT2D eigenvalue weighted by Gasteiger charge is 2.31. The Kier molecular flexibility index (Phi) is 4.56. The van der Waals surface area contributed by atoms with E-state index in [0.717, 1.165) is 23.3 Å². The Bertz CT molecular complexity index is 419. The first-order valence-corrected chi connectivity index (χ1v) is 7.44. The molecule has 0 aliphatic heterocycles. The summed E-state index contributed by atoms with van der Waals surface area (Å²) < 4.78 is 5.55. The Hall–Kier alpha value is -1.38. The molecule has 3 heteroatoms. The van der Waals surface area contributed by atoms with Crippen molar-refractivity contribution < 1.29 is 4.74 Å². The molecule has 0 bridgehead atoms. The maximum atomic E-state index is 5.90. The number of nitrogens with one attached hydrogen (secondary N) is 1. The highest BCUT2D eigenvalue weighted by atomic mass is 16.5. The quantitative estimate of drug-likeness (QED) is 0.791. The summed E-state index contributed by atoms with van der Waals surface area (Å²) in [5.74, 6) is 2.38. The predicted molar refractivity (Wildman–Crippen MR) is 81.6 cm³/mol. The molecule has 0 saturated heterocycles. The van der Waals surface area contributed by atoms with Crippen molar-refractivity contribution in [2.24, 2.45) is 11.8 Å². The van der Waals surface area contributed by atoms with Gasteiger partial charge in [-0.2, -0.15) is 0 Å². The van der Waals surface area contributed by atoms with Crippen molar-refractivity contribution in [2.45, 2.75) is 46.1 Å². The molecule has 0 heterocycles. The fraction of sp³-hybridized carbons (Fsp3) is 0.625. The second kappa shape index (κ2) is 6.18. The van der Waals surface area contributed by atoms with Crippen LogP contribution in [0.3, 0.4) is 0 Å². The minimum Gasteiger partial charge on any atom is -0.492 e. The summed E-state index contributed by atoms with van der Waals surface area (Å²) in [4.78, 5) is 0. The van der Waals surface area contributed by atoms with E-state index in [1.807, 2.05) is 25.1 Å². The maximum absolute atomic E-state index is 5.90. The average molecular weight is 262 g/mol. The normalized spacial score (nSPS) is 26.4.